The van der Waals surface area contributed by atoms with Gasteiger partial charge in [0.2, 0.25) is 0 Å². The summed E-state index contributed by atoms with van der Waals surface area (Å²) in [6.07, 6.45) is 0. The van der Waals surface area contributed by atoms with Gasteiger partial charge in [-0.2, -0.15) is 5.10 Å². The second-order valence-corrected chi connectivity index (χ2v) is 5.64. The minimum absolute atomic E-state index is 0.256. The maximum Gasteiger partial charge on any atom is 0.119 e. The van der Waals surface area contributed by atoms with E-state index in [0.29, 0.717) is 13.2 Å². The van der Waals surface area contributed by atoms with Crippen molar-refractivity contribution in [2.24, 2.45) is 0 Å². The van der Waals surface area contributed by atoms with Crippen molar-refractivity contribution in [3.63, 3.8) is 0 Å². The fourth-order valence-corrected chi connectivity index (χ4v) is 3.02. The molecule has 1 N–H and O–H groups in total. The first kappa shape index (κ1) is 15.1. The third-order valence-corrected chi connectivity index (χ3v) is 4.15. The van der Waals surface area contributed by atoms with Crippen molar-refractivity contribution >= 4 is 0 Å². The monoisotopic (exact) mass is 301 g/mol. The highest BCUT2D eigenvalue weighted by Crippen LogP contribution is 2.28. The molecule has 0 amide bonds. The van der Waals surface area contributed by atoms with Gasteiger partial charge in [0.25, 0.3) is 0 Å². The van der Waals surface area contributed by atoms with Gasteiger partial charge in [0.05, 0.1) is 24.9 Å². The van der Waals surface area contributed by atoms with E-state index >= 15 is 0 Å². The molecule has 5 nitrogen and oxygen atoms in total. The number of ether oxygens (including phenoxy) is 2. The smallest absolute Gasteiger partial charge is 0.119 e. The molecule has 0 saturated carbocycles. The molecule has 1 atom stereocenters. The largest absolute Gasteiger partial charge is 0.492 e. The Morgan fingerprint density at radius 1 is 1.32 bits per heavy atom. The molecule has 1 aromatic carbocycles. The Bertz CT molecular complexity index is 578. The molecule has 0 radical (unpaired) electrons. The van der Waals surface area contributed by atoms with Crippen LogP contribution in [-0.2, 0) is 4.74 Å². The van der Waals surface area contributed by atoms with E-state index in [9.17, 15) is 0 Å². The number of aromatic nitrogens is 2. The molecule has 0 aliphatic carbocycles. The molecule has 1 saturated heterocycles. The maximum atomic E-state index is 5.83. The Balaban J connectivity index is 1.63. The van der Waals surface area contributed by atoms with Gasteiger partial charge >= 0.3 is 0 Å². The lowest BCUT2D eigenvalue weighted by atomic mass is 10.0. The minimum Gasteiger partial charge on any atom is -0.492 e. The van der Waals surface area contributed by atoms with Crippen LogP contribution in [0.4, 0.5) is 0 Å². The summed E-state index contributed by atoms with van der Waals surface area (Å²) in [5.74, 6) is 0.919. The average Bonchev–Trinajstić information content (AvgIpc) is 2.88. The summed E-state index contributed by atoms with van der Waals surface area (Å²) >= 11 is 0. The van der Waals surface area contributed by atoms with E-state index in [0.717, 1.165) is 36.8 Å². The Kier molecular flexibility index (Phi) is 4.75. The number of nitrogens with one attached hydrogen (secondary N) is 1. The van der Waals surface area contributed by atoms with E-state index in [1.165, 1.54) is 5.56 Å². The maximum absolute atomic E-state index is 5.83. The summed E-state index contributed by atoms with van der Waals surface area (Å²) in [4.78, 5) is 2.43. The number of aryl methyl sites for hydroxylation is 2. The molecule has 1 aromatic heterocycles. The molecule has 1 unspecified atom stereocenters. The first-order chi connectivity index (χ1) is 10.8. The number of morpholine rings is 1. The van der Waals surface area contributed by atoms with Crippen LogP contribution in [-0.4, -0.2) is 48.0 Å². The van der Waals surface area contributed by atoms with Gasteiger partial charge in [-0.15, -0.1) is 0 Å². The van der Waals surface area contributed by atoms with Crippen molar-refractivity contribution in [2.75, 3.05) is 32.9 Å². The first-order valence-electron chi connectivity index (χ1n) is 7.77. The molecular weight excluding hydrogens is 278 g/mol. The zero-order valence-electron chi connectivity index (χ0n) is 13.2. The number of hydrogen-bond acceptors (Lipinski definition) is 4. The summed E-state index contributed by atoms with van der Waals surface area (Å²) < 4.78 is 11.5. The van der Waals surface area contributed by atoms with Gasteiger partial charge in [0, 0.05) is 24.3 Å². The topological polar surface area (TPSA) is 50.4 Å². The van der Waals surface area contributed by atoms with E-state index < -0.39 is 0 Å². The lowest BCUT2D eigenvalue weighted by Gasteiger charge is -2.35. The molecule has 2 heterocycles. The Morgan fingerprint density at radius 2 is 2.14 bits per heavy atom. The zero-order chi connectivity index (χ0) is 15.4. The summed E-state index contributed by atoms with van der Waals surface area (Å²) in [6, 6.07) is 10.2. The molecule has 1 aliphatic heterocycles. The minimum atomic E-state index is 0.256. The van der Waals surface area contributed by atoms with Crippen LogP contribution >= 0.6 is 0 Å². The Morgan fingerprint density at radius 3 is 2.86 bits per heavy atom. The molecular formula is C17H23N3O2. The van der Waals surface area contributed by atoms with Crippen LogP contribution in [0, 0.1) is 13.8 Å². The fourth-order valence-electron chi connectivity index (χ4n) is 3.02. The summed E-state index contributed by atoms with van der Waals surface area (Å²) in [5, 5.41) is 7.39. The van der Waals surface area contributed by atoms with E-state index in [1.54, 1.807) is 0 Å². The van der Waals surface area contributed by atoms with Crippen molar-refractivity contribution in [1.82, 2.24) is 15.1 Å². The molecule has 5 heteroatoms. The number of para-hydroxylation sites is 1. The second-order valence-electron chi connectivity index (χ2n) is 5.64. The Hall–Kier alpha value is -1.85. The fraction of sp³-hybridized carbons (Fsp3) is 0.471. The highest BCUT2D eigenvalue weighted by atomic mass is 16.5. The van der Waals surface area contributed by atoms with Crippen LogP contribution in [0.1, 0.15) is 23.0 Å². The van der Waals surface area contributed by atoms with Crippen LogP contribution < -0.4 is 4.74 Å². The lowest BCUT2D eigenvalue weighted by Crippen LogP contribution is -2.42. The van der Waals surface area contributed by atoms with Gasteiger partial charge in [-0.1, -0.05) is 18.2 Å². The summed E-state index contributed by atoms with van der Waals surface area (Å²) in [7, 11) is 0. The van der Waals surface area contributed by atoms with Crippen LogP contribution in [0.2, 0.25) is 0 Å². The van der Waals surface area contributed by atoms with Gasteiger partial charge in [0.1, 0.15) is 12.4 Å². The lowest BCUT2D eigenvalue weighted by molar-refractivity contribution is -0.0136. The quantitative estimate of drug-likeness (QED) is 0.922. The molecule has 1 fully saturated rings. The van der Waals surface area contributed by atoms with Gasteiger partial charge in [0.15, 0.2) is 0 Å². The number of rotatable bonds is 5. The van der Waals surface area contributed by atoms with Crippen LogP contribution in [0.25, 0.3) is 0 Å². The molecule has 118 valence electrons. The third-order valence-electron chi connectivity index (χ3n) is 4.15. The van der Waals surface area contributed by atoms with Crippen molar-refractivity contribution < 1.29 is 9.47 Å². The first-order valence-corrected chi connectivity index (χ1v) is 7.77. The standard InChI is InChI=1S/C17H23N3O2/c1-13-17(14(2)19-18-13)16-12-21-10-8-20(16)9-11-22-15-6-4-3-5-7-15/h3-7,16H,8-12H2,1-2H3,(H,18,19). The molecule has 0 bridgehead atoms. The van der Waals surface area contributed by atoms with E-state index in [1.807, 2.05) is 37.3 Å². The Labute approximate surface area is 131 Å². The van der Waals surface area contributed by atoms with Crippen LogP contribution in [0.5, 0.6) is 5.75 Å². The van der Waals surface area contributed by atoms with E-state index in [4.69, 9.17) is 9.47 Å². The SMILES string of the molecule is Cc1n[nH]c(C)c1C1COCCN1CCOc1ccccc1. The highest BCUT2D eigenvalue weighted by molar-refractivity contribution is 5.27. The second kappa shape index (κ2) is 6.94. The van der Waals surface area contributed by atoms with Crippen molar-refractivity contribution in [2.45, 2.75) is 19.9 Å². The van der Waals surface area contributed by atoms with E-state index in [2.05, 4.69) is 22.0 Å². The van der Waals surface area contributed by atoms with Gasteiger partial charge in [-0.3, -0.25) is 10.00 Å². The molecule has 22 heavy (non-hydrogen) atoms. The molecule has 0 spiro atoms. The summed E-state index contributed by atoms with van der Waals surface area (Å²) in [5.41, 5.74) is 3.45. The van der Waals surface area contributed by atoms with Crippen LogP contribution in [0.15, 0.2) is 30.3 Å². The van der Waals surface area contributed by atoms with Crippen molar-refractivity contribution in [3.8, 4) is 5.75 Å². The zero-order valence-corrected chi connectivity index (χ0v) is 13.2. The predicted octanol–water partition coefficient (Wildman–Crippen LogP) is 2.48. The number of nitrogens with zero attached hydrogens (tertiary/aromatic N) is 2. The number of hydrogen-bond donors (Lipinski definition) is 1. The number of H-pyrrole nitrogens is 1. The van der Waals surface area contributed by atoms with Gasteiger partial charge < -0.3 is 9.47 Å². The molecule has 1 aliphatic rings. The highest BCUT2D eigenvalue weighted by Gasteiger charge is 2.28. The van der Waals surface area contributed by atoms with Crippen molar-refractivity contribution in [3.05, 3.63) is 47.3 Å². The van der Waals surface area contributed by atoms with Gasteiger partial charge in [-0.05, 0) is 26.0 Å². The predicted molar refractivity (Wildman–Crippen MR) is 85.1 cm³/mol. The molecule has 3 rings (SSSR count). The summed E-state index contributed by atoms with van der Waals surface area (Å²) in [6.45, 7) is 8.09. The number of aromatic amines is 1. The average molecular weight is 301 g/mol. The van der Waals surface area contributed by atoms with E-state index in [-0.39, 0.29) is 6.04 Å². The van der Waals surface area contributed by atoms with Gasteiger partial charge in [-0.25, -0.2) is 0 Å². The molecule has 2 aromatic rings. The van der Waals surface area contributed by atoms with Crippen molar-refractivity contribution in [1.29, 1.82) is 0 Å². The third kappa shape index (κ3) is 3.31. The number of benzene rings is 1. The normalized spacial score (nSPS) is 19.3. The van der Waals surface area contributed by atoms with Crippen LogP contribution in [0.3, 0.4) is 0 Å².